The van der Waals surface area contributed by atoms with Crippen LogP contribution in [0.2, 0.25) is 0 Å². The van der Waals surface area contributed by atoms with Crippen LogP contribution in [0.4, 0.5) is 0 Å². The maximum atomic E-state index is 11.6. The minimum absolute atomic E-state index is 0.0487. The second-order valence-electron chi connectivity index (χ2n) is 3.55. The van der Waals surface area contributed by atoms with Crippen LogP contribution in [-0.4, -0.2) is 23.1 Å². The van der Waals surface area contributed by atoms with Crippen molar-refractivity contribution in [3.63, 3.8) is 0 Å². The SMILES string of the molecule is C=C(C(=O)OC(C)C(=O)O)c1ccc(C#N)cc1. The van der Waals surface area contributed by atoms with E-state index in [1.807, 2.05) is 6.07 Å². The molecule has 5 nitrogen and oxygen atoms in total. The number of carbonyl (C=O) groups is 2. The standard InChI is InChI=1S/C13H11NO4/c1-8(13(17)18-9(2)12(15)16)11-5-3-10(7-14)4-6-11/h3-6,9H,1H2,2H3,(H,15,16). The Balaban J connectivity index is 2.78. The number of nitrogens with zero attached hydrogens (tertiary/aromatic N) is 1. The molecule has 0 saturated heterocycles. The van der Waals surface area contributed by atoms with E-state index in [2.05, 4.69) is 11.3 Å². The summed E-state index contributed by atoms with van der Waals surface area (Å²) < 4.78 is 4.68. The Morgan fingerprint density at radius 2 is 1.94 bits per heavy atom. The average molecular weight is 245 g/mol. The molecule has 1 rings (SSSR count). The smallest absolute Gasteiger partial charge is 0.344 e. The van der Waals surface area contributed by atoms with Crippen molar-refractivity contribution in [1.82, 2.24) is 0 Å². The molecule has 0 amide bonds. The van der Waals surface area contributed by atoms with Crippen molar-refractivity contribution in [2.24, 2.45) is 0 Å². The molecule has 0 bridgehead atoms. The van der Waals surface area contributed by atoms with Gasteiger partial charge in [-0.3, -0.25) is 0 Å². The lowest BCUT2D eigenvalue weighted by Crippen LogP contribution is -2.23. The molecule has 1 aromatic carbocycles. The van der Waals surface area contributed by atoms with Crippen molar-refractivity contribution in [2.75, 3.05) is 0 Å². The predicted octanol–water partition coefficient (Wildman–Crippen LogP) is 1.59. The molecule has 0 fully saturated rings. The fraction of sp³-hybridized carbons (Fsp3) is 0.154. The van der Waals surface area contributed by atoms with Crippen LogP contribution in [0.3, 0.4) is 0 Å². The van der Waals surface area contributed by atoms with Gasteiger partial charge in [-0.05, 0) is 24.6 Å². The number of esters is 1. The van der Waals surface area contributed by atoms with Crippen molar-refractivity contribution < 1.29 is 19.4 Å². The van der Waals surface area contributed by atoms with Gasteiger partial charge in [0.2, 0.25) is 0 Å². The fourth-order valence-corrected chi connectivity index (χ4v) is 1.15. The molecule has 0 aliphatic carbocycles. The van der Waals surface area contributed by atoms with Crippen LogP contribution >= 0.6 is 0 Å². The first kappa shape index (κ1) is 13.5. The van der Waals surface area contributed by atoms with E-state index in [1.165, 1.54) is 19.1 Å². The number of carboxylic acid groups (broad SMARTS) is 1. The summed E-state index contributed by atoms with van der Waals surface area (Å²) in [7, 11) is 0. The zero-order chi connectivity index (χ0) is 13.7. The van der Waals surface area contributed by atoms with E-state index >= 15 is 0 Å². The van der Waals surface area contributed by atoms with E-state index in [0.29, 0.717) is 11.1 Å². The fourth-order valence-electron chi connectivity index (χ4n) is 1.15. The van der Waals surface area contributed by atoms with Gasteiger partial charge < -0.3 is 9.84 Å². The Morgan fingerprint density at radius 3 is 2.39 bits per heavy atom. The Hall–Kier alpha value is -2.61. The number of carboxylic acids is 1. The summed E-state index contributed by atoms with van der Waals surface area (Å²) in [6, 6.07) is 8.12. The van der Waals surface area contributed by atoms with Crippen LogP contribution in [0.15, 0.2) is 30.8 Å². The van der Waals surface area contributed by atoms with Gasteiger partial charge in [0.15, 0.2) is 6.10 Å². The average Bonchev–Trinajstić information content (AvgIpc) is 2.37. The number of nitriles is 1. The van der Waals surface area contributed by atoms with Crippen molar-refractivity contribution in [1.29, 1.82) is 5.26 Å². The van der Waals surface area contributed by atoms with E-state index in [9.17, 15) is 9.59 Å². The van der Waals surface area contributed by atoms with E-state index in [4.69, 9.17) is 10.4 Å². The van der Waals surface area contributed by atoms with Gasteiger partial charge in [-0.25, -0.2) is 9.59 Å². The van der Waals surface area contributed by atoms with Crippen LogP contribution in [0, 0.1) is 11.3 Å². The molecule has 1 aromatic rings. The van der Waals surface area contributed by atoms with Crippen LogP contribution in [-0.2, 0) is 14.3 Å². The zero-order valence-corrected chi connectivity index (χ0v) is 9.71. The minimum Gasteiger partial charge on any atom is -0.479 e. The van der Waals surface area contributed by atoms with Gasteiger partial charge in [0.1, 0.15) is 0 Å². The first-order valence-electron chi connectivity index (χ1n) is 5.09. The second-order valence-corrected chi connectivity index (χ2v) is 3.55. The van der Waals surface area contributed by atoms with E-state index < -0.39 is 18.0 Å². The number of aliphatic carboxylic acids is 1. The molecule has 0 heterocycles. The van der Waals surface area contributed by atoms with Crippen molar-refractivity contribution in [3.8, 4) is 6.07 Å². The molecule has 0 aliphatic rings. The molecule has 1 unspecified atom stereocenters. The lowest BCUT2D eigenvalue weighted by Gasteiger charge is -2.10. The summed E-state index contributed by atoms with van der Waals surface area (Å²) in [6.45, 7) is 4.80. The van der Waals surface area contributed by atoms with Crippen LogP contribution < -0.4 is 0 Å². The van der Waals surface area contributed by atoms with Crippen LogP contribution in [0.1, 0.15) is 18.1 Å². The normalized spacial score (nSPS) is 11.1. The summed E-state index contributed by atoms with van der Waals surface area (Å²) in [6.07, 6.45) is -1.23. The number of rotatable bonds is 4. The van der Waals surface area contributed by atoms with E-state index in [0.717, 1.165) is 0 Å². The Morgan fingerprint density at radius 1 is 1.39 bits per heavy atom. The number of hydrogen-bond donors (Lipinski definition) is 1. The summed E-state index contributed by atoms with van der Waals surface area (Å²) in [4.78, 5) is 22.1. The zero-order valence-electron chi connectivity index (χ0n) is 9.71. The quantitative estimate of drug-likeness (QED) is 0.642. The minimum atomic E-state index is -1.23. The molecule has 0 aromatic heterocycles. The molecular weight excluding hydrogens is 234 g/mol. The van der Waals surface area contributed by atoms with Gasteiger partial charge in [-0.15, -0.1) is 0 Å². The molecular formula is C13H11NO4. The molecule has 0 aliphatic heterocycles. The lowest BCUT2D eigenvalue weighted by molar-refractivity contribution is -0.158. The largest absolute Gasteiger partial charge is 0.479 e. The highest BCUT2D eigenvalue weighted by Crippen LogP contribution is 2.15. The Bertz CT molecular complexity index is 525. The number of ether oxygens (including phenoxy) is 1. The maximum absolute atomic E-state index is 11.6. The van der Waals surface area contributed by atoms with E-state index in [-0.39, 0.29) is 5.57 Å². The predicted molar refractivity (Wildman–Crippen MR) is 63.4 cm³/mol. The Kier molecular flexibility index (Phi) is 4.22. The monoisotopic (exact) mass is 245 g/mol. The van der Waals surface area contributed by atoms with Crippen molar-refractivity contribution in [3.05, 3.63) is 42.0 Å². The molecule has 0 saturated carbocycles. The summed E-state index contributed by atoms with van der Waals surface area (Å²) in [5, 5.41) is 17.2. The molecule has 18 heavy (non-hydrogen) atoms. The summed E-state index contributed by atoms with van der Waals surface area (Å²) >= 11 is 0. The molecule has 92 valence electrons. The first-order valence-corrected chi connectivity index (χ1v) is 5.09. The molecule has 0 spiro atoms. The van der Waals surface area contributed by atoms with E-state index in [1.54, 1.807) is 12.1 Å². The van der Waals surface area contributed by atoms with Gasteiger partial charge in [0, 0.05) is 0 Å². The molecule has 5 heteroatoms. The van der Waals surface area contributed by atoms with Crippen molar-refractivity contribution >= 4 is 17.5 Å². The highest BCUT2D eigenvalue weighted by Gasteiger charge is 2.19. The number of benzene rings is 1. The Labute approximate surface area is 104 Å². The first-order chi connectivity index (χ1) is 8.45. The third kappa shape index (κ3) is 3.19. The topological polar surface area (TPSA) is 87.4 Å². The summed E-state index contributed by atoms with van der Waals surface area (Å²) in [5.41, 5.74) is 0.989. The lowest BCUT2D eigenvalue weighted by atomic mass is 10.1. The third-order valence-electron chi connectivity index (χ3n) is 2.24. The highest BCUT2D eigenvalue weighted by atomic mass is 16.6. The van der Waals surface area contributed by atoms with Gasteiger partial charge in [0.25, 0.3) is 0 Å². The van der Waals surface area contributed by atoms with Crippen LogP contribution in [0.25, 0.3) is 5.57 Å². The van der Waals surface area contributed by atoms with Crippen molar-refractivity contribution in [2.45, 2.75) is 13.0 Å². The second kappa shape index (κ2) is 5.64. The highest BCUT2D eigenvalue weighted by molar-refractivity contribution is 6.16. The van der Waals surface area contributed by atoms with Gasteiger partial charge in [-0.1, -0.05) is 18.7 Å². The number of carbonyl (C=O) groups excluding carboxylic acids is 1. The molecule has 0 radical (unpaired) electrons. The molecule has 1 N–H and O–H groups in total. The maximum Gasteiger partial charge on any atom is 0.344 e. The van der Waals surface area contributed by atoms with Crippen LogP contribution in [0.5, 0.6) is 0 Å². The third-order valence-corrected chi connectivity index (χ3v) is 2.24. The van der Waals surface area contributed by atoms with Gasteiger partial charge in [0.05, 0.1) is 17.2 Å². The summed E-state index contributed by atoms with van der Waals surface area (Å²) in [5.74, 6) is -2.02. The van der Waals surface area contributed by atoms with Gasteiger partial charge in [-0.2, -0.15) is 5.26 Å². The van der Waals surface area contributed by atoms with Gasteiger partial charge >= 0.3 is 11.9 Å². The number of hydrogen-bond acceptors (Lipinski definition) is 4. The molecule has 1 atom stereocenters.